The highest BCUT2D eigenvalue weighted by atomic mass is 31.1. The predicted octanol–water partition coefficient (Wildman–Crippen LogP) is 9.60. The van der Waals surface area contributed by atoms with Crippen molar-refractivity contribution in [3.05, 3.63) is 148 Å². The summed E-state index contributed by atoms with van der Waals surface area (Å²) in [7, 11) is -2.33. The first kappa shape index (κ1) is 26.3. The Morgan fingerprint density at radius 2 is 0.756 bits per heavy atom. The van der Waals surface area contributed by atoms with Gasteiger partial charge in [-0.1, -0.05) is 97.9 Å². The summed E-state index contributed by atoms with van der Waals surface area (Å²) < 4.78 is 94.5. The zero-order valence-electron chi connectivity index (χ0n) is 20.9. The van der Waals surface area contributed by atoms with Gasteiger partial charge in [0.1, 0.15) is 11.1 Å². The van der Waals surface area contributed by atoms with E-state index >= 15 is 26.3 Å². The Bertz CT molecular complexity index is 1960. The summed E-state index contributed by atoms with van der Waals surface area (Å²) in [6, 6.07) is 24.5. The van der Waals surface area contributed by atoms with Crippen molar-refractivity contribution in [1.29, 1.82) is 0 Å². The highest BCUT2D eigenvalue weighted by Gasteiger charge is 2.32. The molecule has 0 nitrogen and oxygen atoms in total. The quantitative estimate of drug-likeness (QED) is 0.105. The van der Waals surface area contributed by atoms with Crippen molar-refractivity contribution in [2.45, 2.75) is 0 Å². The molecule has 5 aromatic carbocycles. The van der Waals surface area contributed by atoms with Gasteiger partial charge in [-0.3, -0.25) is 0 Å². The van der Waals surface area contributed by atoms with E-state index in [2.05, 4.69) is 23.7 Å². The van der Waals surface area contributed by atoms with Crippen molar-refractivity contribution in [2.75, 3.05) is 0 Å². The van der Waals surface area contributed by atoms with E-state index < -0.39 is 74.6 Å². The lowest BCUT2D eigenvalue weighted by molar-refractivity contribution is 0.498. The van der Waals surface area contributed by atoms with E-state index in [-0.39, 0.29) is 0 Å². The van der Waals surface area contributed by atoms with Gasteiger partial charge in [0.05, 0.1) is 0 Å². The second-order valence-electron chi connectivity index (χ2n) is 8.98. The molecule has 0 amide bonds. The summed E-state index contributed by atoms with van der Waals surface area (Å²) in [4.78, 5) is 0. The molecule has 0 N–H and O–H groups in total. The number of fused-ring (bicyclic) bond motifs is 3. The molecule has 0 spiro atoms. The molecule has 1 aromatic heterocycles. The zero-order valence-corrected chi connectivity index (χ0v) is 21.8. The minimum atomic E-state index is -2.33. The SMILES string of the molecule is Fc1c(C#Cc2ccccc2)c(F)c2c(c1F)c1c(F)c(F)c(C#Cc3ccccc3)c(F)c1p2-c1ccccc1. The van der Waals surface area contributed by atoms with Crippen molar-refractivity contribution >= 4 is 28.5 Å². The Morgan fingerprint density at radius 1 is 0.390 bits per heavy atom. The van der Waals surface area contributed by atoms with Crippen LogP contribution >= 0.6 is 7.53 Å². The van der Waals surface area contributed by atoms with Gasteiger partial charge in [-0.05, 0) is 29.6 Å². The molecule has 0 atom stereocenters. The lowest BCUT2D eigenvalue weighted by atomic mass is 10.0. The molecule has 41 heavy (non-hydrogen) atoms. The molecule has 1 heterocycles. The van der Waals surface area contributed by atoms with Crippen molar-refractivity contribution in [3.63, 3.8) is 0 Å². The standard InChI is InChI=1S/C34H15F6P/c35-27-23(18-16-20-10-4-1-5-11-20)29(37)33-25(31(27)39)26-32(40)28(36)24(19-17-21-12-6-2-7-13-21)30(38)34(26)41(33)22-14-8-3-9-15-22/h1-15H. The van der Waals surface area contributed by atoms with Crippen molar-refractivity contribution in [2.24, 2.45) is 0 Å². The Labute approximate surface area is 231 Å². The van der Waals surface area contributed by atoms with Crippen LogP contribution in [0.1, 0.15) is 22.3 Å². The van der Waals surface area contributed by atoms with Gasteiger partial charge in [0.15, 0.2) is 34.9 Å². The molecule has 0 saturated heterocycles. The topological polar surface area (TPSA) is 0 Å². The maximum absolute atomic E-state index is 16.2. The highest BCUT2D eigenvalue weighted by molar-refractivity contribution is 7.68. The molecule has 0 radical (unpaired) electrons. The minimum Gasteiger partial charge on any atom is -0.204 e. The van der Waals surface area contributed by atoms with Crippen LogP contribution in [0.5, 0.6) is 0 Å². The van der Waals surface area contributed by atoms with Crippen LogP contribution in [0.4, 0.5) is 26.3 Å². The van der Waals surface area contributed by atoms with Gasteiger partial charge in [0.2, 0.25) is 0 Å². The second kappa shape index (κ2) is 10.6. The molecule has 0 aliphatic heterocycles. The monoisotopic (exact) mass is 568 g/mol. The van der Waals surface area contributed by atoms with Crippen molar-refractivity contribution in [3.8, 4) is 29.0 Å². The second-order valence-corrected chi connectivity index (χ2v) is 11.1. The number of hydrogen-bond donors (Lipinski definition) is 0. The first-order valence-corrected chi connectivity index (χ1v) is 13.6. The van der Waals surface area contributed by atoms with E-state index in [4.69, 9.17) is 0 Å². The van der Waals surface area contributed by atoms with Gasteiger partial charge in [-0.25, -0.2) is 26.3 Å². The van der Waals surface area contributed by atoms with Gasteiger partial charge < -0.3 is 0 Å². The smallest absolute Gasteiger partial charge is 0.178 e. The molecule has 6 rings (SSSR count). The van der Waals surface area contributed by atoms with E-state index in [1.54, 1.807) is 78.9 Å². The van der Waals surface area contributed by atoms with Crippen LogP contribution in [0.15, 0.2) is 91.0 Å². The first-order valence-electron chi connectivity index (χ1n) is 12.3. The molecule has 198 valence electrons. The largest absolute Gasteiger partial charge is 0.204 e. The van der Waals surface area contributed by atoms with E-state index in [1.807, 2.05) is 0 Å². The molecular formula is C34H15F6P. The Balaban J connectivity index is 1.76. The van der Waals surface area contributed by atoms with Crippen LogP contribution in [0.3, 0.4) is 0 Å². The summed E-state index contributed by atoms with van der Waals surface area (Å²) in [6.45, 7) is 0. The molecule has 0 saturated carbocycles. The number of rotatable bonds is 1. The highest BCUT2D eigenvalue weighted by Crippen LogP contribution is 2.59. The maximum Gasteiger partial charge on any atom is 0.178 e. The summed E-state index contributed by atoms with van der Waals surface area (Å²) >= 11 is 0. The fourth-order valence-corrected chi connectivity index (χ4v) is 7.34. The van der Waals surface area contributed by atoms with Crippen molar-refractivity contribution in [1.82, 2.24) is 0 Å². The third-order valence-electron chi connectivity index (χ3n) is 6.51. The normalized spacial score (nSPS) is 10.8. The average molecular weight is 568 g/mol. The lowest BCUT2D eigenvalue weighted by Gasteiger charge is -2.08. The lowest BCUT2D eigenvalue weighted by Crippen LogP contribution is -1.99. The van der Waals surface area contributed by atoms with Crippen molar-refractivity contribution < 1.29 is 26.3 Å². The Morgan fingerprint density at radius 3 is 1.15 bits per heavy atom. The Kier molecular flexibility index (Phi) is 6.80. The summed E-state index contributed by atoms with van der Waals surface area (Å²) in [5.74, 6) is 0.737. The zero-order chi connectivity index (χ0) is 28.7. The summed E-state index contributed by atoms with van der Waals surface area (Å²) in [5, 5.41) is -2.33. The molecule has 0 aliphatic rings. The Hall–Kier alpha value is -4.90. The first-order chi connectivity index (χ1) is 19.9. The van der Waals surface area contributed by atoms with E-state index in [1.165, 1.54) is 12.1 Å². The third kappa shape index (κ3) is 4.44. The maximum atomic E-state index is 16.2. The van der Waals surface area contributed by atoms with Crippen LogP contribution in [-0.4, -0.2) is 0 Å². The number of benzene rings is 5. The van der Waals surface area contributed by atoms with Crippen LogP contribution in [0.25, 0.3) is 26.3 Å². The molecule has 0 bridgehead atoms. The van der Waals surface area contributed by atoms with Gasteiger partial charge in [0, 0.05) is 32.1 Å². The molecule has 0 fully saturated rings. The predicted molar refractivity (Wildman–Crippen MR) is 150 cm³/mol. The van der Waals surface area contributed by atoms with Crippen LogP contribution in [-0.2, 0) is 0 Å². The molecule has 0 aliphatic carbocycles. The van der Waals surface area contributed by atoms with Gasteiger partial charge in [-0.15, -0.1) is 0 Å². The fourth-order valence-electron chi connectivity index (χ4n) is 4.65. The number of halogens is 6. The molecule has 7 heteroatoms. The van der Waals surface area contributed by atoms with Crippen LogP contribution in [0, 0.1) is 58.6 Å². The number of hydrogen-bond acceptors (Lipinski definition) is 0. The summed E-state index contributed by atoms with van der Waals surface area (Å²) in [6.07, 6.45) is 0. The van der Waals surface area contributed by atoms with Gasteiger partial charge in [0.25, 0.3) is 0 Å². The third-order valence-corrected chi connectivity index (χ3v) is 9.06. The fraction of sp³-hybridized carbons (Fsp3) is 0. The molecular weight excluding hydrogens is 553 g/mol. The molecule has 6 aromatic rings. The van der Waals surface area contributed by atoms with E-state index in [0.29, 0.717) is 16.4 Å². The van der Waals surface area contributed by atoms with Gasteiger partial charge >= 0.3 is 0 Å². The van der Waals surface area contributed by atoms with Crippen LogP contribution in [0.2, 0.25) is 0 Å². The minimum absolute atomic E-state index is 0.321. The molecule has 0 unspecified atom stereocenters. The van der Waals surface area contributed by atoms with E-state index in [9.17, 15) is 0 Å². The summed E-state index contributed by atoms with van der Waals surface area (Å²) in [5.41, 5.74) is -0.929. The van der Waals surface area contributed by atoms with Gasteiger partial charge in [-0.2, -0.15) is 0 Å². The van der Waals surface area contributed by atoms with Crippen LogP contribution < -0.4 is 0 Å². The van der Waals surface area contributed by atoms with E-state index in [0.717, 1.165) is 0 Å². The average Bonchev–Trinajstić information content (AvgIpc) is 3.37.